The maximum absolute atomic E-state index is 12.4. The van der Waals surface area contributed by atoms with Crippen LogP contribution in [0.2, 0.25) is 0 Å². The zero-order chi connectivity index (χ0) is 16.0. The molecular weight excluding hydrogens is 306 g/mol. The molecule has 0 atom stereocenters. The quantitative estimate of drug-likeness (QED) is 0.729. The van der Waals surface area contributed by atoms with Crippen molar-refractivity contribution >= 4 is 15.7 Å². The summed E-state index contributed by atoms with van der Waals surface area (Å²) in [4.78, 5) is 6.27. The average molecular weight is 329 g/mol. The summed E-state index contributed by atoms with van der Waals surface area (Å²) >= 11 is 0. The van der Waals surface area contributed by atoms with E-state index in [-0.39, 0.29) is 5.75 Å². The van der Waals surface area contributed by atoms with Crippen molar-refractivity contribution in [2.24, 2.45) is 0 Å². The lowest BCUT2D eigenvalue weighted by Crippen LogP contribution is -2.38. The van der Waals surface area contributed by atoms with Gasteiger partial charge in [-0.05, 0) is 19.0 Å². The van der Waals surface area contributed by atoms with E-state index >= 15 is 0 Å². The van der Waals surface area contributed by atoms with Crippen molar-refractivity contribution in [2.45, 2.75) is 6.42 Å². The summed E-state index contributed by atoms with van der Waals surface area (Å²) in [6.07, 6.45) is 2.11. The molecule has 1 fully saturated rings. The van der Waals surface area contributed by atoms with Gasteiger partial charge in [-0.25, -0.2) is 13.4 Å². The number of sulfonamides is 1. The van der Waals surface area contributed by atoms with Crippen LogP contribution in [0.5, 0.6) is 5.88 Å². The maximum Gasteiger partial charge on any atom is 0.234 e. The van der Waals surface area contributed by atoms with Crippen LogP contribution in [0.25, 0.3) is 0 Å². The summed E-state index contributed by atoms with van der Waals surface area (Å²) in [5.74, 6) is 0.578. The van der Waals surface area contributed by atoms with Crippen molar-refractivity contribution in [3.05, 3.63) is 18.3 Å². The van der Waals surface area contributed by atoms with E-state index in [1.807, 2.05) is 0 Å². The molecule has 1 saturated heterocycles. The Morgan fingerprint density at radius 2 is 2.09 bits per heavy atom. The minimum atomic E-state index is -3.34. The molecule has 22 heavy (non-hydrogen) atoms. The van der Waals surface area contributed by atoms with Gasteiger partial charge in [-0.1, -0.05) is 0 Å². The van der Waals surface area contributed by atoms with Gasteiger partial charge in [0.15, 0.2) is 0 Å². The summed E-state index contributed by atoms with van der Waals surface area (Å²) in [6.45, 7) is 3.97. The van der Waals surface area contributed by atoms with E-state index in [9.17, 15) is 8.42 Å². The van der Waals surface area contributed by atoms with Crippen LogP contribution in [-0.2, 0) is 14.8 Å². The second-order valence-electron chi connectivity index (χ2n) is 5.15. The predicted molar refractivity (Wildman–Crippen MR) is 84.9 cm³/mol. The third-order valence-electron chi connectivity index (χ3n) is 3.69. The van der Waals surface area contributed by atoms with Crippen LogP contribution in [0.4, 0.5) is 5.69 Å². The summed E-state index contributed by atoms with van der Waals surface area (Å²) in [6, 6.07) is 3.33. The average Bonchev–Trinajstić information content (AvgIpc) is 2.55. The highest BCUT2D eigenvalue weighted by Crippen LogP contribution is 2.18. The number of rotatable bonds is 7. The first-order chi connectivity index (χ1) is 10.5. The normalized spacial score (nSPS) is 16.5. The fourth-order valence-electron chi connectivity index (χ4n) is 2.27. The number of hydrogen-bond donors (Lipinski definition) is 0. The van der Waals surface area contributed by atoms with Crippen molar-refractivity contribution < 1.29 is 17.9 Å². The molecule has 1 aliphatic heterocycles. The first kappa shape index (κ1) is 17.0. The number of pyridine rings is 1. The molecule has 2 rings (SSSR count). The maximum atomic E-state index is 12.4. The fourth-order valence-corrected chi connectivity index (χ4v) is 3.47. The number of anilines is 1. The summed E-state index contributed by atoms with van der Waals surface area (Å²) in [7, 11) is -0.268. The van der Waals surface area contributed by atoms with Gasteiger partial charge in [0.1, 0.15) is 0 Å². The van der Waals surface area contributed by atoms with E-state index in [0.29, 0.717) is 18.0 Å². The van der Waals surface area contributed by atoms with Gasteiger partial charge in [-0.15, -0.1) is 0 Å². The summed E-state index contributed by atoms with van der Waals surface area (Å²) in [5, 5.41) is 0. The molecule has 2 heterocycles. The lowest BCUT2D eigenvalue weighted by atomic mass is 10.4. The molecule has 0 aliphatic carbocycles. The smallest absolute Gasteiger partial charge is 0.234 e. The molecule has 0 amide bonds. The molecule has 0 N–H and O–H groups in total. The molecule has 1 aromatic heterocycles. The van der Waals surface area contributed by atoms with E-state index in [2.05, 4.69) is 9.88 Å². The summed E-state index contributed by atoms with van der Waals surface area (Å²) in [5.41, 5.74) is 0.534. The Bertz CT molecular complexity index is 556. The zero-order valence-corrected chi connectivity index (χ0v) is 13.9. The third-order valence-corrected chi connectivity index (χ3v) is 5.54. The monoisotopic (exact) mass is 329 g/mol. The molecule has 0 saturated carbocycles. The SMILES string of the molecule is COc1ccc(N(C)S(=O)(=O)CCCN2CCOCC2)cn1. The summed E-state index contributed by atoms with van der Waals surface area (Å²) < 4.78 is 36.2. The van der Waals surface area contributed by atoms with Crippen molar-refractivity contribution in [2.75, 3.05) is 57.1 Å². The van der Waals surface area contributed by atoms with Gasteiger partial charge in [0.25, 0.3) is 0 Å². The number of nitrogens with zero attached hydrogens (tertiary/aromatic N) is 3. The molecule has 124 valence electrons. The Hall–Kier alpha value is -1.38. The van der Waals surface area contributed by atoms with E-state index in [0.717, 1.165) is 32.8 Å². The van der Waals surface area contributed by atoms with Crippen molar-refractivity contribution in [1.29, 1.82) is 0 Å². The van der Waals surface area contributed by atoms with Gasteiger partial charge >= 0.3 is 0 Å². The van der Waals surface area contributed by atoms with Gasteiger partial charge in [0.2, 0.25) is 15.9 Å². The molecule has 0 bridgehead atoms. The fraction of sp³-hybridized carbons (Fsp3) is 0.643. The van der Waals surface area contributed by atoms with Gasteiger partial charge in [0, 0.05) is 26.2 Å². The molecule has 0 unspecified atom stereocenters. The van der Waals surface area contributed by atoms with Gasteiger partial charge in [-0.3, -0.25) is 9.21 Å². The highest BCUT2D eigenvalue weighted by atomic mass is 32.2. The minimum Gasteiger partial charge on any atom is -0.481 e. The Morgan fingerprint density at radius 1 is 1.36 bits per heavy atom. The minimum absolute atomic E-state index is 0.118. The highest BCUT2D eigenvalue weighted by Gasteiger charge is 2.19. The Balaban J connectivity index is 1.87. The van der Waals surface area contributed by atoms with Crippen molar-refractivity contribution in [1.82, 2.24) is 9.88 Å². The molecule has 1 aromatic rings. The predicted octanol–water partition coefficient (Wildman–Crippen LogP) is 0.578. The number of ether oxygens (including phenoxy) is 2. The van der Waals surface area contributed by atoms with Crippen molar-refractivity contribution in [3.8, 4) is 5.88 Å². The molecular formula is C14H23N3O4S. The van der Waals surface area contributed by atoms with Crippen LogP contribution in [0.3, 0.4) is 0 Å². The van der Waals surface area contributed by atoms with E-state index in [1.165, 1.54) is 17.6 Å². The van der Waals surface area contributed by atoms with Gasteiger partial charge in [0.05, 0.1) is 38.0 Å². The first-order valence-electron chi connectivity index (χ1n) is 7.29. The lowest BCUT2D eigenvalue weighted by molar-refractivity contribution is 0.0381. The van der Waals surface area contributed by atoms with Crippen LogP contribution in [0.1, 0.15) is 6.42 Å². The molecule has 0 radical (unpaired) electrons. The Labute approximate surface area is 131 Å². The Kier molecular flexibility index (Phi) is 5.98. The van der Waals surface area contributed by atoms with Crippen LogP contribution >= 0.6 is 0 Å². The number of hydrogen-bond acceptors (Lipinski definition) is 6. The van der Waals surface area contributed by atoms with Crippen LogP contribution < -0.4 is 9.04 Å². The zero-order valence-electron chi connectivity index (χ0n) is 13.1. The van der Waals surface area contributed by atoms with Gasteiger partial charge in [-0.2, -0.15) is 0 Å². The number of aromatic nitrogens is 1. The molecule has 8 heteroatoms. The molecule has 0 aromatic carbocycles. The van der Waals surface area contributed by atoms with E-state index in [4.69, 9.17) is 9.47 Å². The first-order valence-corrected chi connectivity index (χ1v) is 8.90. The number of morpholine rings is 1. The van der Waals surface area contributed by atoms with E-state index < -0.39 is 10.0 Å². The van der Waals surface area contributed by atoms with Gasteiger partial charge < -0.3 is 9.47 Å². The lowest BCUT2D eigenvalue weighted by Gasteiger charge is -2.27. The molecule has 7 nitrogen and oxygen atoms in total. The third kappa shape index (κ3) is 4.56. The molecule has 1 aliphatic rings. The second-order valence-corrected chi connectivity index (χ2v) is 7.27. The van der Waals surface area contributed by atoms with Crippen molar-refractivity contribution in [3.63, 3.8) is 0 Å². The standard InChI is InChI=1S/C14H23N3O4S/c1-16(13-4-5-14(20-2)15-12-13)22(18,19)11-3-6-17-7-9-21-10-8-17/h4-5,12H,3,6-11H2,1-2H3. The highest BCUT2D eigenvalue weighted by molar-refractivity contribution is 7.92. The largest absolute Gasteiger partial charge is 0.481 e. The second kappa shape index (κ2) is 7.75. The van der Waals surface area contributed by atoms with Crippen LogP contribution in [0.15, 0.2) is 18.3 Å². The van der Waals surface area contributed by atoms with Crippen LogP contribution in [-0.4, -0.2) is 71.1 Å². The van der Waals surface area contributed by atoms with Crippen LogP contribution in [0, 0.1) is 0 Å². The topological polar surface area (TPSA) is 72.0 Å². The van der Waals surface area contributed by atoms with E-state index in [1.54, 1.807) is 19.2 Å². The molecule has 0 spiro atoms. The number of methoxy groups -OCH3 is 1. The Morgan fingerprint density at radius 3 is 2.68 bits per heavy atom.